The molecule has 1 aromatic heterocycles. The molecular formula is C21H27FN6O2. The maximum atomic E-state index is 13.2. The quantitative estimate of drug-likeness (QED) is 0.720. The van der Waals surface area contributed by atoms with Crippen LogP contribution in [0.1, 0.15) is 24.1 Å². The smallest absolute Gasteiger partial charge is 0.416 e. The van der Waals surface area contributed by atoms with Crippen LogP contribution in [-0.4, -0.2) is 66.5 Å². The topological polar surface area (TPSA) is 82.6 Å². The summed E-state index contributed by atoms with van der Waals surface area (Å²) in [6, 6.07) is 9.41. The number of nitrogens with one attached hydrogen (secondary N) is 2. The summed E-state index contributed by atoms with van der Waals surface area (Å²) in [7, 11) is 0. The summed E-state index contributed by atoms with van der Waals surface area (Å²) < 4.78 is 18.1. The minimum absolute atomic E-state index is 0.0266. The van der Waals surface area contributed by atoms with Gasteiger partial charge in [-0.05, 0) is 24.1 Å². The molecule has 160 valence electrons. The molecule has 3 heterocycles. The van der Waals surface area contributed by atoms with Gasteiger partial charge in [0.15, 0.2) is 0 Å². The fourth-order valence-corrected chi connectivity index (χ4v) is 3.72. The number of piperazine rings is 1. The van der Waals surface area contributed by atoms with Crippen molar-refractivity contribution < 1.29 is 13.9 Å². The number of aromatic nitrogens is 2. The summed E-state index contributed by atoms with van der Waals surface area (Å²) >= 11 is 0. The molecule has 2 aliphatic heterocycles. The van der Waals surface area contributed by atoms with E-state index < -0.39 is 18.8 Å². The molecule has 30 heavy (non-hydrogen) atoms. The van der Waals surface area contributed by atoms with Crippen molar-refractivity contribution in [3.63, 3.8) is 0 Å². The first-order chi connectivity index (χ1) is 14.6. The van der Waals surface area contributed by atoms with Gasteiger partial charge >= 0.3 is 6.09 Å². The molecule has 0 saturated carbocycles. The standard InChI is InChI=1S/C21H27FN6O2/c1-15(17-4-2-16(3-5-17)13-27-10-8-23-9-11-27)25-20-24-7-6-19(26-20)28-18(12-22)14-30-21(28)29/h2-7,15,18,23H,8-14H2,1H3,(H,24,25,26)/t15?,18-/m0/s1. The van der Waals surface area contributed by atoms with Crippen LogP contribution < -0.4 is 15.5 Å². The van der Waals surface area contributed by atoms with Crippen LogP contribution in [-0.2, 0) is 11.3 Å². The highest BCUT2D eigenvalue weighted by Crippen LogP contribution is 2.24. The average Bonchev–Trinajstić information content (AvgIpc) is 3.15. The molecule has 0 aliphatic carbocycles. The summed E-state index contributed by atoms with van der Waals surface area (Å²) in [5.74, 6) is 0.707. The number of hydrogen-bond donors (Lipinski definition) is 2. The summed E-state index contributed by atoms with van der Waals surface area (Å²) in [5.41, 5.74) is 2.39. The number of alkyl halides is 1. The molecule has 2 fully saturated rings. The molecule has 2 saturated heterocycles. The third-order valence-corrected chi connectivity index (χ3v) is 5.47. The van der Waals surface area contributed by atoms with E-state index in [1.165, 1.54) is 10.5 Å². The van der Waals surface area contributed by atoms with Gasteiger partial charge in [-0.25, -0.2) is 14.2 Å². The van der Waals surface area contributed by atoms with E-state index in [4.69, 9.17) is 4.74 Å². The first kappa shape index (κ1) is 20.5. The molecule has 2 aliphatic rings. The number of amides is 1. The van der Waals surface area contributed by atoms with E-state index in [1.54, 1.807) is 12.3 Å². The summed E-state index contributed by atoms with van der Waals surface area (Å²) in [6.45, 7) is 6.54. The Morgan fingerprint density at radius 3 is 2.77 bits per heavy atom. The molecule has 1 amide bonds. The number of benzene rings is 1. The van der Waals surface area contributed by atoms with Gasteiger partial charge in [-0.2, -0.15) is 4.98 Å². The second-order valence-electron chi connectivity index (χ2n) is 7.63. The van der Waals surface area contributed by atoms with Crippen molar-refractivity contribution >= 4 is 17.9 Å². The Morgan fingerprint density at radius 2 is 2.03 bits per heavy atom. The van der Waals surface area contributed by atoms with Crippen molar-refractivity contribution in [1.82, 2.24) is 20.2 Å². The van der Waals surface area contributed by atoms with Crippen LogP contribution in [0.4, 0.5) is 21.0 Å². The Hall–Kier alpha value is -2.78. The van der Waals surface area contributed by atoms with Gasteiger partial charge < -0.3 is 15.4 Å². The zero-order chi connectivity index (χ0) is 20.9. The third-order valence-electron chi connectivity index (χ3n) is 5.47. The molecule has 2 atom stereocenters. The van der Waals surface area contributed by atoms with Gasteiger partial charge in [0.05, 0.1) is 6.04 Å². The van der Waals surface area contributed by atoms with Crippen molar-refractivity contribution in [1.29, 1.82) is 0 Å². The lowest BCUT2D eigenvalue weighted by molar-refractivity contribution is 0.177. The molecule has 2 aromatic rings. The number of rotatable bonds is 7. The molecular weight excluding hydrogens is 387 g/mol. The lowest BCUT2D eigenvalue weighted by atomic mass is 10.1. The summed E-state index contributed by atoms with van der Waals surface area (Å²) in [5, 5.41) is 6.63. The van der Waals surface area contributed by atoms with Gasteiger partial charge in [-0.1, -0.05) is 24.3 Å². The fraction of sp³-hybridized carbons (Fsp3) is 0.476. The van der Waals surface area contributed by atoms with Crippen molar-refractivity contribution in [2.45, 2.75) is 25.6 Å². The van der Waals surface area contributed by atoms with Crippen molar-refractivity contribution in [2.75, 3.05) is 49.7 Å². The largest absolute Gasteiger partial charge is 0.447 e. The van der Waals surface area contributed by atoms with E-state index >= 15 is 0 Å². The second-order valence-corrected chi connectivity index (χ2v) is 7.63. The van der Waals surface area contributed by atoms with Gasteiger partial charge in [0, 0.05) is 38.9 Å². The van der Waals surface area contributed by atoms with Crippen LogP contribution in [0.3, 0.4) is 0 Å². The number of anilines is 2. The highest BCUT2D eigenvalue weighted by molar-refractivity contribution is 5.89. The molecule has 2 N–H and O–H groups in total. The highest BCUT2D eigenvalue weighted by Gasteiger charge is 2.35. The average molecular weight is 414 g/mol. The second kappa shape index (κ2) is 9.36. The van der Waals surface area contributed by atoms with Gasteiger partial charge in [-0.15, -0.1) is 0 Å². The summed E-state index contributed by atoms with van der Waals surface area (Å²) in [6.07, 6.45) is 0.963. The molecule has 0 spiro atoms. The zero-order valence-corrected chi connectivity index (χ0v) is 17.1. The number of carbonyl (C=O) groups excluding carboxylic acids is 1. The molecule has 1 unspecified atom stereocenters. The number of cyclic esters (lactones) is 1. The Bertz CT molecular complexity index is 859. The van der Waals surface area contributed by atoms with Gasteiger partial charge in [-0.3, -0.25) is 9.80 Å². The third kappa shape index (κ3) is 4.68. The number of ether oxygens (including phenoxy) is 1. The van der Waals surface area contributed by atoms with E-state index in [0.717, 1.165) is 38.3 Å². The minimum Gasteiger partial charge on any atom is -0.447 e. The number of halogens is 1. The van der Waals surface area contributed by atoms with E-state index in [1.807, 2.05) is 6.92 Å². The number of hydrogen-bond acceptors (Lipinski definition) is 7. The number of carbonyl (C=O) groups is 1. The molecule has 0 bridgehead atoms. The SMILES string of the molecule is CC(Nc1nccc(N2C(=O)OC[C@@H]2CF)n1)c1ccc(CN2CCNCC2)cc1. The van der Waals surface area contributed by atoms with Crippen LogP contribution in [0, 0.1) is 0 Å². The predicted octanol–water partition coefficient (Wildman–Crippen LogP) is 2.35. The summed E-state index contributed by atoms with van der Waals surface area (Å²) in [4.78, 5) is 24.2. The molecule has 0 radical (unpaired) electrons. The van der Waals surface area contributed by atoms with E-state index in [-0.39, 0.29) is 12.6 Å². The Morgan fingerprint density at radius 1 is 1.27 bits per heavy atom. The molecule has 8 nitrogen and oxygen atoms in total. The van der Waals surface area contributed by atoms with Crippen LogP contribution in [0.15, 0.2) is 36.5 Å². The monoisotopic (exact) mass is 414 g/mol. The normalized spacial score (nSPS) is 20.8. The van der Waals surface area contributed by atoms with E-state index in [2.05, 4.69) is 49.8 Å². The first-order valence-corrected chi connectivity index (χ1v) is 10.3. The molecule has 1 aromatic carbocycles. The van der Waals surface area contributed by atoms with Crippen LogP contribution in [0.5, 0.6) is 0 Å². The Kier molecular flexibility index (Phi) is 6.39. The molecule has 9 heteroatoms. The first-order valence-electron chi connectivity index (χ1n) is 10.3. The number of nitrogens with zero attached hydrogens (tertiary/aromatic N) is 4. The maximum Gasteiger partial charge on any atom is 0.416 e. The van der Waals surface area contributed by atoms with E-state index in [0.29, 0.717) is 11.8 Å². The van der Waals surface area contributed by atoms with E-state index in [9.17, 15) is 9.18 Å². The predicted molar refractivity (Wildman–Crippen MR) is 112 cm³/mol. The highest BCUT2D eigenvalue weighted by atomic mass is 19.1. The lowest BCUT2D eigenvalue weighted by Gasteiger charge is -2.27. The zero-order valence-electron chi connectivity index (χ0n) is 17.1. The molecule has 4 rings (SSSR count). The van der Waals surface area contributed by atoms with Crippen molar-refractivity contribution in [3.05, 3.63) is 47.7 Å². The van der Waals surface area contributed by atoms with Gasteiger partial charge in [0.25, 0.3) is 0 Å². The maximum absolute atomic E-state index is 13.2. The van der Waals surface area contributed by atoms with Gasteiger partial charge in [0.1, 0.15) is 25.1 Å². The fourth-order valence-electron chi connectivity index (χ4n) is 3.72. The lowest BCUT2D eigenvalue weighted by Crippen LogP contribution is -2.42. The Balaban J connectivity index is 1.40. The Labute approximate surface area is 175 Å². The van der Waals surface area contributed by atoms with Crippen LogP contribution in [0.2, 0.25) is 0 Å². The van der Waals surface area contributed by atoms with Crippen molar-refractivity contribution in [3.8, 4) is 0 Å². The van der Waals surface area contributed by atoms with Crippen LogP contribution in [0.25, 0.3) is 0 Å². The van der Waals surface area contributed by atoms with Gasteiger partial charge in [0.2, 0.25) is 5.95 Å². The minimum atomic E-state index is -0.685. The van der Waals surface area contributed by atoms with Crippen LogP contribution >= 0.6 is 0 Å². The van der Waals surface area contributed by atoms with Crippen molar-refractivity contribution in [2.24, 2.45) is 0 Å².